The molecule has 1 aliphatic rings. The number of sulfonamides is 1. The van der Waals surface area contributed by atoms with Crippen LogP contribution in [0.25, 0.3) is 0 Å². The zero-order valence-corrected chi connectivity index (χ0v) is 12.6. The molecule has 2 N–H and O–H groups in total. The predicted octanol–water partition coefficient (Wildman–Crippen LogP) is 1.09. The maximum Gasteiger partial charge on any atom is 0.218 e. The summed E-state index contributed by atoms with van der Waals surface area (Å²) in [5.74, 6) is 0.0150. The third-order valence-corrected chi connectivity index (χ3v) is 5.36. The second kappa shape index (κ2) is 6.67. The van der Waals surface area contributed by atoms with Crippen molar-refractivity contribution in [2.75, 3.05) is 20.2 Å². The van der Waals surface area contributed by atoms with E-state index in [0.29, 0.717) is 13.1 Å². The molecule has 1 atom stereocenters. The van der Waals surface area contributed by atoms with Gasteiger partial charge in [-0.1, -0.05) is 24.3 Å². The highest BCUT2D eigenvalue weighted by Crippen LogP contribution is 2.16. The van der Waals surface area contributed by atoms with E-state index in [1.165, 1.54) is 4.31 Å². The third kappa shape index (κ3) is 4.02. The Labute approximate surface area is 120 Å². The van der Waals surface area contributed by atoms with Crippen LogP contribution in [0.5, 0.6) is 0 Å². The van der Waals surface area contributed by atoms with Crippen molar-refractivity contribution in [2.24, 2.45) is 5.73 Å². The lowest BCUT2D eigenvalue weighted by Crippen LogP contribution is -2.34. The van der Waals surface area contributed by atoms with Crippen LogP contribution in [0.1, 0.15) is 24.0 Å². The Kier molecular flexibility index (Phi) is 5.15. The van der Waals surface area contributed by atoms with Gasteiger partial charge in [-0.15, -0.1) is 0 Å². The molecule has 0 spiro atoms. The second-order valence-electron chi connectivity index (χ2n) is 5.19. The van der Waals surface area contributed by atoms with Gasteiger partial charge in [-0.05, 0) is 24.0 Å². The van der Waals surface area contributed by atoms with E-state index in [1.807, 2.05) is 24.3 Å². The number of ether oxygens (including phenoxy) is 1. The van der Waals surface area contributed by atoms with E-state index in [-0.39, 0.29) is 11.9 Å². The molecule has 1 unspecified atom stereocenters. The SMILES string of the molecule is CN(CC1CCCO1)S(=O)(=O)Cc1ccc(CN)cc1. The van der Waals surface area contributed by atoms with E-state index >= 15 is 0 Å². The van der Waals surface area contributed by atoms with Crippen LogP contribution in [0.2, 0.25) is 0 Å². The fraction of sp³-hybridized carbons (Fsp3) is 0.571. The van der Waals surface area contributed by atoms with E-state index in [2.05, 4.69) is 0 Å². The van der Waals surface area contributed by atoms with Crippen molar-refractivity contribution in [2.45, 2.75) is 31.2 Å². The molecule has 0 saturated carbocycles. The lowest BCUT2D eigenvalue weighted by molar-refractivity contribution is 0.0978. The molecule has 1 fully saturated rings. The Morgan fingerprint density at radius 1 is 1.30 bits per heavy atom. The van der Waals surface area contributed by atoms with Crippen LogP contribution in [-0.2, 0) is 27.1 Å². The molecule has 0 amide bonds. The lowest BCUT2D eigenvalue weighted by Gasteiger charge is -2.20. The quantitative estimate of drug-likeness (QED) is 0.853. The van der Waals surface area contributed by atoms with Gasteiger partial charge in [0, 0.05) is 26.7 Å². The molecule has 1 aromatic rings. The van der Waals surface area contributed by atoms with E-state index in [0.717, 1.165) is 30.6 Å². The van der Waals surface area contributed by atoms with Crippen LogP contribution < -0.4 is 5.73 Å². The van der Waals surface area contributed by atoms with E-state index < -0.39 is 10.0 Å². The van der Waals surface area contributed by atoms with Crippen molar-refractivity contribution in [3.8, 4) is 0 Å². The van der Waals surface area contributed by atoms with Gasteiger partial charge in [-0.25, -0.2) is 12.7 Å². The molecular weight excluding hydrogens is 276 g/mol. The first-order chi connectivity index (χ1) is 9.51. The Balaban J connectivity index is 1.97. The molecule has 5 nitrogen and oxygen atoms in total. The summed E-state index contributed by atoms with van der Waals surface area (Å²) in [5.41, 5.74) is 7.30. The second-order valence-corrected chi connectivity index (χ2v) is 7.27. The summed E-state index contributed by atoms with van der Waals surface area (Å²) in [5, 5.41) is 0. The van der Waals surface area contributed by atoms with Crippen molar-refractivity contribution in [1.29, 1.82) is 0 Å². The minimum absolute atomic E-state index is 0.0150. The van der Waals surface area contributed by atoms with Crippen LogP contribution >= 0.6 is 0 Å². The monoisotopic (exact) mass is 298 g/mol. The minimum atomic E-state index is -3.30. The largest absolute Gasteiger partial charge is 0.377 e. The molecule has 112 valence electrons. The number of hydrogen-bond acceptors (Lipinski definition) is 4. The normalized spacial score (nSPS) is 19.6. The smallest absolute Gasteiger partial charge is 0.218 e. The molecule has 0 aliphatic carbocycles. The van der Waals surface area contributed by atoms with Crippen LogP contribution in [0.15, 0.2) is 24.3 Å². The minimum Gasteiger partial charge on any atom is -0.377 e. The third-order valence-electron chi connectivity index (χ3n) is 3.57. The van der Waals surface area contributed by atoms with Gasteiger partial charge in [0.1, 0.15) is 0 Å². The van der Waals surface area contributed by atoms with Crippen molar-refractivity contribution < 1.29 is 13.2 Å². The van der Waals surface area contributed by atoms with Crippen molar-refractivity contribution in [1.82, 2.24) is 4.31 Å². The first-order valence-electron chi connectivity index (χ1n) is 6.85. The number of hydrogen-bond donors (Lipinski definition) is 1. The van der Waals surface area contributed by atoms with Crippen molar-refractivity contribution in [3.05, 3.63) is 35.4 Å². The molecule has 6 heteroatoms. The highest BCUT2D eigenvalue weighted by molar-refractivity contribution is 7.88. The van der Waals surface area contributed by atoms with Crippen molar-refractivity contribution in [3.63, 3.8) is 0 Å². The van der Waals surface area contributed by atoms with Gasteiger partial charge >= 0.3 is 0 Å². The van der Waals surface area contributed by atoms with Crippen LogP contribution in [0.4, 0.5) is 0 Å². The van der Waals surface area contributed by atoms with E-state index in [4.69, 9.17) is 10.5 Å². The van der Waals surface area contributed by atoms with E-state index in [9.17, 15) is 8.42 Å². The summed E-state index contributed by atoms with van der Waals surface area (Å²) < 4.78 is 31.5. The maximum atomic E-state index is 12.3. The molecule has 0 bridgehead atoms. The Bertz CT molecular complexity index is 522. The van der Waals surface area contributed by atoms with Gasteiger partial charge in [-0.2, -0.15) is 0 Å². The van der Waals surface area contributed by atoms with E-state index in [1.54, 1.807) is 7.05 Å². The van der Waals surface area contributed by atoms with Gasteiger partial charge in [-0.3, -0.25) is 0 Å². The van der Waals surface area contributed by atoms with Crippen molar-refractivity contribution >= 4 is 10.0 Å². The first kappa shape index (κ1) is 15.4. The summed E-state index contributed by atoms with van der Waals surface area (Å²) in [6, 6.07) is 7.37. The molecule has 0 radical (unpaired) electrons. The molecule has 1 aliphatic heterocycles. The fourth-order valence-corrected chi connectivity index (χ4v) is 3.51. The van der Waals surface area contributed by atoms with Crippen LogP contribution in [0, 0.1) is 0 Å². The Morgan fingerprint density at radius 3 is 2.50 bits per heavy atom. The standard InChI is InChI=1S/C14H22N2O3S/c1-16(10-14-3-2-8-19-14)20(17,18)11-13-6-4-12(9-15)5-7-13/h4-7,14H,2-3,8-11,15H2,1H3. The summed E-state index contributed by atoms with van der Waals surface area (Å²) in [6.07, 6.45) is 1.99. The zero-order valence-electron chi connectivity index (χ0n) is 11.8. The summed E-state index contributed by atoms with van der Waals surface area (Å²) in [4.78, 5) is 0. The molecular formula is C14H22N2O3S. The molecule has 1 saturated heterocycles. The Morgan fingerprint density at radius 2 is 1.95 bits per heavy atom. The lowest BCUT2D eigenvalue weighted by atomic mass is 10.1. The average molecular weight is 298 g/mol. The zero-order chi connectivity index (χ0) is 14.6. The van der Waals surface area contributed by atoms with Gasteiger partial charge in [0.15, 0.2) is 0 Å². The first-order valence-corrected chi connectivity index (χ1v) is 8.45. The molecule has 0 aromatic heterocycles. The van der Waals surface area contributed by atoms with Gasteiger partial charge in [0.2, 0.25) is 10.0 Å². The Hall–Kier alpha value is -0.950. The van der Waals surface area contributed by atoms with Gasteiger partial charge in [0.05, 0.1) is 11.9 Å². The number of nitrogens with two attached hydrogens (primary N) is 1. The highest BCUT2D eigenvalue weighted by Gasteiger charge is 2.24. The van der Waals surface area contributed by atoms with Crippen LogP contribution in [0.3, 0.4) is 0 Å². The molecule has 2 rings (SSSR count). The predicted molar refractivity (Wildman–Crippen MR) is 78.6 cm³/mol. The fourth-order valence-electron chi connectivity index (χ4n) is 2.28. The summed E-state index contributed by atoms with van der Waals surface area (Å²) >= 11 is 0. The number of nitrogens with zero attached hydrogens (tertiary/aromatic N) is 1. The number of rotatable bonds is 6. The summed E-state index contributed by atoms with van der Waals surface area (Å²) in [7, 11) is -1.68. The summed E-state index contributed by atoms with van der Waals surface area (Å²) in [6.45, 7) is 1.63. The van der Waals surface area contributed by atoms with Crippen LogP contribution in [-0.4, -0.2) is 39.0 Å². The van der Waals surface area contributed by atoms with Gasteiger partial charge in [0.25, 0.3) is 0 Å². The molecule has 1 heterocycles. The highest BCUT2D eigenvalue weighted by atomic mass is 32.2. The number of likely N-dealkylation sites (N-methyl/N-ethyl adjacent to an activating group) is 1. The maximum absolute atomic E-state index is 12.3. The molecule has 1 aromatic carbocycles. The number of benzene rings is 1. The average Bonchev–Trinajstić information content (AvgIpc) is 2.92. The van der Waals surface area contributed by atoms with Gasteiger partial charge < -0.3 is 10.5 Å². The topological polar surface area (TPSA) is 72.6 Å². The molecule has 20 heavy (non-hydrogen) atoms.